The van der Waals surface area contributed by atoms with E-state index in [1.165, 1.54) is 32.1 Å². The summed E-state index contributed by atoms with van der Waals surface area (Å²) >= 11 is 6.77. The average molecular weight is 289 g/mol. The van der Waals surface area contributed by atoms with E-state index in [1.54, 1.807) is 0 Å². The molecule has 1 aliphatic rings. The van der Waals surface area contributed by atoms with Gasteiger partial charge in [-0.05, 0) is 30.4 Å². The quantitative estimate of drug-likeness (QED) is 0.717. The minimum atomic E-state index is 0.0558. The largest absolute Gasteiger partial charge is 0.241 e. The van der Waals surface area contributed by atoms with E-state index in [0.717, 1.165) is 11.3 Å². The summed E-state index contributed by atoms with van der Waals surface area (Å²) in [6.45, 7) is 2.32. The molecule has 0 spiro atoms. The van der Waals surface area contributed by atoms with Crippen LogP contribution in [0.5, 0.6) is 0 Å². The lowest BCUT2D eigenvalue weighted by molar-refractivity contribution is 0.206. The van der Waals surface area contributed by atoms with Crippen molar-refractivity contribution in [3.8, 4) is 5.69 Å². The third-order valence-corrected chi connectivity index (χ3v) is 5.30. The summed E-state index contributed by atoms with van der Waals surface area (Å²) in [7, 11) is 0. The van der Waals surface area contributed by atoms with Crippen molar-refractivity contribution in [3.05, 3.63) is 48.3 Å². The van der Waals surface area contributed by atoms with Gasteiger partial charge in [0.1, 0.15) is 0 Å². The van der Waals surface area contributed by atoms with Crippen LogP contribution in [0.15, 0.2) is 42.7 Å². The zero-order valence-electron chi connectivity index (χ0n) is 11.9. The zero-order valence-corrected chi connectivity index (χ0v) is 12.7. The highest BCUT2D eigenvalue weighted by Crippen LogP contribution is 2.49. The summed E-state index contributed by atoms with van der Waals surface area (Å²) < 4.78 is 1.91. The van der Waals surface area contributed by atoms with Crippen molar-refractivity contribution < 1.29 is 0 Å². The minimum absolute atomic E-state index is 0.0558. The first-order valence-electron chi connectivity index (χ1n) is 7.43. The van der Waals surface area contributed by atoms with Crippen molar-refractivity contribution in [2.24, 2.45) is 5.41 Å². The monoisotopic (exact) mass is 288 g/mol. The summed E-state index contributed by atoms with van der Waals surface area (Å²) in [5.41, 5.74) is 2.43. The molecule has 1 fully saturated rings. The second kappa shape index (κ2) is 5.61. The molecular weight excluding hydrogens is 268 g/mol. The number of para-hydroxylation sites is 1. The zero-order chi connectivity index (χ0) is 14.0. The number of nitrogens with zero attached hydrogens (tertiary/aromatic N) is 2. The van der Waals surface area contributed by atoms with Crippen molar-refractivity contribution in [1.29, 1.82) is 0 Å². The Balaban J connectivity index is 1.83. The summed E-state index contributed by atoms with van der Waals surface area (Å²) in [6, 6.07) is 10.2. The van der Waals surface area contributed by atoms with Gasteiger partial charge in [0.15, 0.2) is 0 Å². The van der Waals surface area contributed by atoms with Gasteiger partial charge in [0.05, 0.1) is 17.3 Å². The second-order valence-electron chi connectivity index (χ2n) is 6.13. The molecule has 2 nitrogen and oxygen atoms in total. The smallest absolute Gasteiger partial charge is 0.0669 e. The molecular formula is C17H21ClN2. The van der Waals surface area contributed by atoms with Gasteiger partial charge in [0.25, 0.3) is 0 Å². The van der Waals surface area contributed by atoms with E-state index in [9.17, 15) is 0 Å². The summed E-state index contributed by atoms with van der Waals surface area (Å²) in [5.74, 6) is 0. The topological polar surface area (TPSA) is 17.8 Å². The van der Waals surface area contributed by atoms with E-state index in [-0.39, 0.29) is 10.8 Å². The summed E-state index contributed by atoms with van der Waals surface area (Å²) in [4.78, 5) is 0. The molecule has 1 aromatic heterocycles. The van der Waals surface area contributed by atoms with Crippen LogP contribution in [0.25, 0.3) is 5.69 Å². The van der Waals surface area contributed by atoms with Crippen LogP contribution in [-0.2, 0) is 0 Å². The molecule has 0 aliphatic heterocycles. The van der Waals surface area contributed by atoms with Crippen LogP contribution in [-0.4, -0.2) is 9.78 Å². The van der Waals surface area contributed by atoms with Gasteiger partial charge in [-0.3, -0.25) is 0 Å². The van der Waals surface area contributed by atoms with Gasteiger partial charge in [-0.25, -0.2) is 4.68 Å². The Morgan fingerprint density at radius 2 is 1.85 bits per heavy atom. The third-order valence-electron chi connectivity index (χ3n) is 4.52. The Morgan fingerprint density at radius 1 is 1.15 bits per heavy atom. The van der Waals surface area contributed by atoms with Gasteiger partial charge < -0.3 is 0 Å². The van der Waals surface area contributed by atoms with Gasteiger partial charge in [-0.1, -0.05) is 44.4 Å². The van der Waals surface area contributed by atoms with Crippen LogP contribution >= 0.6 is 11.6 Å². The van der Waals surface area contributed by atoms with Gasteiger partial charge in [-0.15, -0.1) is 11.6 Å². The molecule has 20 heavy (non-hydrogen) atoms. The first-order valence-corrected chi connectivity index (χ1v) is 7.87. The van der Waals surface area contributed by atoms with Crippen LogP contribution < -0.4 is 0 Å². The Bertz CT molecular complexity index is 555. The van der Waals surface area contributed by atoms with Crippen molar-refractivity contribution in [3.63, 3.8) is 0 Å². The maximum atomic E-state index is 6.77. The van der Waals surface area contributed by atoms with Gasteiger partial charge in [-0.2, -0.15) is 5.10 Å². The summed E-state index contributed by atoms with van der Waals surface area (Å²) in [6.07, 6.45) is 10.4. The molecule has 0 bridgehead atoms. The maximum Gasteiger partial charge on any atom is 0.0669 e. The highest BCUT2D eigenvalue weighted by molar-refractivity contribution is 6.21. The number of halogens is 1. The van der Waals surface area contributed by atoms with Gasteiger partial charge >= 0.3 is 0 Å². The highest BCUT2D eigenvalue weighted by Gasteiger charge is 2.35. The maximum absolute atomic E-state index is 6.77. The number of alkyl halides is 1. The van der Waals surface area contributed by atoms with Gasteiger partial charge in [0, 0.05) is 11.8 Å². The first kappa shape index (κ1) is 13.7. The number of hydrogen-bond acceptors (Lipinski definition) is 1. The average Bonchev–Trinajstić information content (AvgIpc) is 2.98. The number of benzene rings is 1. The number of aromatic nitrogens is 2. The fraction of sp³-hybridized carbons (Fsp3) is 0.471. The molecule has 0 amide bonds. The standard InChI is InChI=1S/C17H21ClN2/c1-17(10-6-3-7-11-17)16(18)14-12-19-20(13-14)15-8-4-2-5-9-15/h2,4-5,8-9,12-13,16H,3,6-7,10-11H2,1H3. The van der Waals surface area contributed by atoms with Crippen molar-refractivity contribution in [1.82, 2.24) is 9.78 Å². The van der Waals surface area contributed by atoms with Crippen LogP contribution in [0.2, 0.25) is 0 Å². The molecule has 0 N–H and O–H groups in total. The van der Waals surface area contributed by atoms with Crippen molar-refractivity contribution >= 4 is 11.6 Å². The number of rotatable bonds is 3. The molecule has 0 saturated heterocycles. The predicted octanol–water partition coefficient (Wildman–Crippen LogP) is 5.12. The highest BCUT2D eigenvalue weighted by atomic mass is 35.5. The van der Waals surface area contributed by atoms with E-state index in [1.807, 2.05) is 29.1 Å². The first-order chi connectivity index (χ1) is 9.69. The molecule has 2 aromatic rings. The lowest BCUT2D eigenvalue weighted by atomic mass is 9.72. The molecule has 1 aliphatic carbocycles. The fourth-order valence-corrected chi connectivity index (χ4v) is 3.54. The number of hydrogen-bond donors (Lipinski definition) is 0. The third kappa shape index (κ3) is 2.62. The molecule has 3 heteroatoms. The molecule has 106 valence electrons. The SMILES string of the molecule is CC1(C(Cl)c2cnn(-c3ccccc3)c2)CCCCC1. The Hall–Kier alpha value is -1.28. The van der Waals surface area contributed by atoms with E-state index in [0.29, 0.717) is 0 Å². The molecule has 1 unspecified atom stereocenters. The Labute approximate surface area is 125 Å². The normalized spacial score (nSPS) is 19.7. The summed E-state index contributed by atoms with van der Waals surface area (Å²) in [5, 5.41) is 4.52. The predicted molar refractivity (Wildman–Crippen MR) is 83.4 cm³/mol. The van der Waals surface area contributed by atoms with Crippen LogP contribution in [0, 0.1) is 5.41 Å². The fourth-order valence-electron chi connectivity index (χ4n) is 3.20. The van der Waals surface area contributed by atoms with E-state index >= 15 is 0 Å². The van der Waals surface area contributed by atoms with Crippen LogP contribution in [0.1, 0.15) is 50.0 Å². The van der Waals surface area contributed by atoms with E-state index in [4.69, 9.17) is 11.6 Å². The Morgan fingerprint density at radius 3 is 2.55 bits per heavy atom. The lowest BCUT2D eigenvalue weighted by Crippen LogP contribution is -2.25. The van der Waals surface area contributed by atoms with Crippen LogP contribution in [0.3, 0.4) is 0 Å². The molecule has 1 aromatic carbocycles. The molecule has 0 radical (unpaired) electrons. The van der Waals surface area contributed by atoms with Gasteiger partial charge in [0.2, 0.25) is 0 Å². The van der Waals surface area contributed by atoms with E-state index in [2.05, 4.69) is 30.4 Å². The Kier molecular flexibility index (Phi) is 3.84. The van der Waals surface area contributed by atoms with Crippen molar-refractivity contribution in [2.75, 3.05) is 0 Å². The second-order valence-corrected chi connectivity index (χ2v) is 6.57. The van der Waals surface area contributed by atoms with E-state index < -0.39 is 0 Å². The van der Waals surface area contributed by atoms with Crippen LogP contribution in [0.4, 0.5) is 0 Å². The molecule has 3 rings (SSSR count). The van der Waals surface area contributed by atoms with Crippen molar-refractivity contribution in [2.45, 2.75) is 44.4 Å². The minimum Gasteiger partial charge on any atom is -0.241 e. The molecule has 1 atom stereocenters. The molecule has 1 heterocycles. The lowest BCUT2D eigenvalue weighted by Gasteiger charge is -2.37. The molecule has 1 saturated carbocycles.